The van der Waals surface area contributed by atoms with E-state index < -0.39 is 0 Å². The lowest BCUT2D eigenvalue weighted by molar-refractivity contribution is 0.220. The molecular formula is C13H19N3. The van der Waals surface area contributed by atoms with Crippen LogP contribution in [0.5, 0.6) is 0 Å². The quantitative estimate of drug-likeness (QED) is 0.826. The molecule has 2 saturated heterocycles. The van der Waals surface area contributed by atoms with E-state index in [-0.39, 0.29) is 0 Å². The second-order valence-electron chi connectivity index (χ2n) is 4.95. The Bertz CT molecular complexity index is 338. The lowest BCUT2D eigenvalue weighted by Gasteiger charge is -2.31. The summed E-state index contributed by atoms with van der Waals surface area (Å²) in [6.07, 6.45) is 4.55. The van der Waals surface area contributed by atoms with Crippen molar-refractivity contribution >= 4 is 0 Å². The minimum atomic E-state index is 0.709. The van der Waals surface area contributed by atoms with Gasteiger partial charge in [0.05, 0.1) is 5.69 Å². The number of nitrogens with zero attached hydrogens (tertiary/aromatic N) is 2. The number of hydrogen-bond donors (Lipinski definition) is 1. The summed E-state index contributed by atoms with van der Waals surface area (Å²) >= 11 is 0. The summed E-state index contributed by atoms with van der Waals surface area (Å²) in [4.78, 5) is 6.94. The molecule has 2 bridgehead atoms. The van der Waals surface area contributed by atoms with Crippen LogP contribution in [0.15, 0.2) is 24.4 Å². The summed E-state index contributed by atoms with van der Waals surface area (Å²) in [6, 6.07) is 6.83. The molecule has 0 aromatic carbocycles. The molecule has 3 atom stereocenters. The Hall–Kier alpha value is -0.930. The molecule has 2 aliphatic heterocycles. The lowest BCUT2D eigenvalue weighted by Crippen LogP contribution is -2.43. The smallest absolute Gasteiger partial charge is 0.0541 e. The average molecular weight is 217 g/mol. The van der Waals surface area contributed by atoms with Gasteiger partial charge in [0, 0.05) is 25.3 Å². The van der Waals surface area contributed by atoms with Gasteiger partial charge in [0.2, 0.25) is 0 Å². The zero-order valence-corrected chi connectivity index (χ0v) is 9.60. The van der Waals surface area contributed by atoms with E-state index in [0.717, 1.165) is 18.2 Å². The van der Waals surface area contributed by atoms with Gasteiger partial charge in [-0.2, -0.15) is 0 Å². The molecule has 1 aromatic heterocycles. The Labute approximate surface area is 96.9 Å². The van der Waals surface area contributed by atoms with Gasteiger partial charge in [-0.15, -0.1) is 0 Å². The second kappa shape index (κ2) is 4.52. The van der Waals surface area contributed by atoms with Crippen LogP contribution in [0.3, 0.4) is 0 Å². The molecule has 16 heavy (non-hydrogen) atoms. The molecule has 3 unspecified atom stereocenters. The van der Waals surface area contributed by atoms with Crippen LogP contribution in [-0.4, -0.2) is 35.6 Å². The van der Waals surface area contributed by atoms with Crippen molar-refractivity contribution in [2.75, 3.05) is 19.6 Å². The molecular weight excluding hydrogens is 198 g/mol. The highest BCUT2D eigenvalue weighted by Crippen LogP contribution is 2.27. The molecule has 0 radical (unpaired) electrons. The van der Waals surface area contributed by atoms with E-state index in [2.05, 4.69) is 27.3 Å². The van der Waals surface area contributed by atoms with Gasteiger partial charge in [-0.25, -0.2) is 0 Å². The highest BCUT2D eigenvalue weighted by atomic mass is 15.2. The van der Waals surface area contributed by atoms with Crippen LogP contribution < -0.4 is 5.32 Å². The third kappa shape index (κ3) is 2.11. The molecule has 2 fully saturated rings. The maximum atomic E-state index is 4.35. The van der Waals surface area contributed by atoms with E-state index in [1.807, 2.05) is 12.3 Å². The fourth-order valence-corrected chi connectivity index (χ4v) is 2.96. The highest BCUT2D eigenvalue weighted by Gasteiger charge is 2.33. The topological polar surface area (TPSA) is 28.2 Å². The van der Waals surface area contributed by atoms with Gasteiger partial charge < -0.3 is 10.2 Å². The third-order valence-electron chi connectivity index (χ3n) is 3.91. The van der Waals surface area contributed by atoms with Gasteiger partial charge in [-0.3, -0.25) is 4.98 Å². The largest absolute Gasteiger partial charge is 0.308 e. The molecule has 1 aromatic rings. The zero-order valence-electron chi connectivity index (χ0n) is 9.60. The first-order chi connectivity index (χ1) is 7.92. The Balaban J connectivity index is 1.55. The number of fused-ring (bicyclic) bond motifs is 2. The van der Waals surface area contributed by atoms with Gasteiger partial charge in [-0.05, 0) is 44.0 Å². The van der Waals surface area contributed by atoms with Crippen LogP contribution in [0.4, 0.5) is 0 Å². The SMILES string of the molecule is c1ccc(CNC2CCN3CCC2C3)nc1. The number of pyridine rings is 1. The monoisotopic (exact) mass is 217 g/mol. The maximum Gasteiger partial charge on any atom is 0.0541 e. The van der Waals surface area contributed by atoms with Gasteiger partial charge in [0.15, 0.2) is 0 Å². The van der Waals surface area contributed by atoms with Gasteiger partial charge in [0.1, 0.15) is 0 Å². The predicted molar refractivity (Wildman–Crippen MR) is 64.0 cm³/mol. The van der Waals surface area contributed by atoms with Gasteiger partial charge >= 0.3 is 0 Å². The fraction of sp³-hybridized carbons (Fsp3) is 0.615. The summed E-state index contributed by atoms with van der Waals surface area (Å²) in [6.45, 7) is 4.81. The zero-order chi connectivity index (χ0) is 10.8. The van der Waals surface area contributed by atoms with Crippen LogP contribution >= 0.6 is 0 Å². The van der Waals surface area contributed by atoms with Crippen LogP contribution in [-0.2, 0) is 6.54 Å². The Morgan fingerprint density at radius 1 is 1.31 bits per heavy atom. The molecule has 3 nitrogen and oxygen atoms in total. The molecule has 0 amide bonds. The van der Waals surface area contributed by atoms with Gasteiger partial charge in [0.25, 0.3) is 0 Å². The number of hydrogen-bond acceptors (Lipinski definition) is 3. The molecule has 1 N–H and O–H groups in total. The maximum absolute atomic E-state index is 4.35. The van der Waals surface area contributed by atoms with E-state index in [1.165, 1.54) is 32.5 Å². The Morgan fingerprint density at radius 3 is 3.12 bits per heavy atom. The van der Waals surface area contributed by atoms with Crippen molar-refractivity contribution in [3.05, 3.63) is 30.1 Å². The summed E-state index contributed by atoms with van der Waals surface area (Å²) in [5, 5.41) is 3.68. The lowest BCUT2D eigenvalue weighted by atomic mass is 9.94. The minimum Gasteiger partial charge on any atom is -0.308 e. The Morgan fingerprint density at radius 2 is 2.25 bits per heavy atom. The first-order valence-corrected chi connectivity index (χ1v) is 6.27. The first-order valence-electron chi connectivity index (χ1n) is 6.27. The van der Waals surface area contributed by atoms with Crippen molar-refractivity contribution in [2.45, 2.75) is 25.4 Å². The number of piperidine rings is 1. The van der Waals surface area contributed by atoms with Crippen LogP contribution in [0.2, 0.25) is 0 Å². The third-order valence-corrected chi connectivity index (χ3v) is 3.91. The van der Waals surface area contributed by atoms with Crippen molar-refractivity contribution in [1.29, 1.82) is 0 Å². The van der Waals surface area contributed by atoms with E-state index in [1.54, 1.807) is 0 Å². The van der Waals surface area contributed by atoms with E-state index in [4.69, 9.17) is 0 Å². The first kappa shape index (κ1) is 10.2. The van der Waals surface area contributed by atoms with E-state index in [9.17, 15) is 0 Å². The van der Waals surface area contributed by atoms with Crippen molar-refractivity contribution in [1.82, 2.24) is 15.2 Å². The normalized spacial score (nSPS) is 32.9. The number of aromatic nitrogens is 1. The summed E-state index contributed by atoms with van der Waals surface area (Å²) < 4.78 is 0. The Kier molecular flexibility index (Phi) is 2.89. The number of nitrogens with one attached hydrogen (secondary N) is 1. The fourth-order valence-electron chi connectivity index (χ4n) is 2.96. The van der Waals surface area contributed by atoms with Crippen LogP contribution in [0, 0.1) is 5.92 Å². The summed E-state index contributed by atoms with van der Waals surface area (Å²) in [5.41, 5.74) is 1.16. The van der Waals surface area contributed by atoms with Crippen LogP contribution in [0.25, 0.3) is 0 Å². The van der Waals surface area contributed by atoms with Crippen molar-refractivity contribution in [3.8, 4) is 0 Å². The molecule has 86 valence electrons. The standard InChI is InChI=1S/C13H19N3/c1-2-6-14-12(3-1)9-15-13-5-8-16-7-4-11(13)10-16/h1-3,6,11,13,15H,4-5,7-10H2. The second-order valence-corrected chi connectivity index (χ2v) is 4.95. The van der Waals surface area contributed by atoms with E-state index in [0.29, 0.717) is 6.04 Å². The average Bonchev–Trinajstić information content (AvgIpc) is 2.72. The minimum absolute atomic E-state index is 0.709. The molecule has 3 heteroatoms. The number of rotatable bonds is 3. The van der Waals surface area contributed by atoms with Crippen molar-refractivity contribution in [3.63, 3.8) is 0 Å². The molecule has 2 aliphatic rings. The molecule has 3 rings (SSSR count). The highest BCUT2D eigenvalue weighted by molar-refractivity contribution is 5.03. The van der Waals surface area contributed by atoms with Crippen LogP contribution in [0.1, 0.15) is 18.5 Å². The molecule has 0 spiro atoms. The molecule has 3 heterocycles. The summed E-state index contributed by atoms with van der Waals surface area (Å²) in [7, 11) is 0. The van der Waals surface area contributed by atoms with Crippen molar-refractivity contribution in [2.24, 2.45) is 5.92 Å². The van der Waals surface area contributed by atoms with Gasteiger partial charge in [-0.1, -0.05) is 6.07 Å². The van der Waals surface area contributed by atoms with Crippen molar-refractivity contribution < 1.29 is 0 Å². The predicted octanol–water partition coefficient (Wildman–Crippen LogP) is 1.27. The molecule has 0 saturated carbocycles. The summed E-state index contributed by atoms with van der Waals surface area (Å²) in [5.74, 6) is 0.873. The van der Waals surface area contributed by atoms with E-state index >= 15 is 0 Å². The molecule has 0 aliphatic carbocycles.